The Hall–Kier alpha value is -0.820. The van der Waals surface area contributed by atoms with Gasteiger partial charge in [-0.1, -0.05) is 0 Å². The van der Waals surface area contributed by atoms with Gasteiger partial charge in [0.25, 0.3) is 10.0 Å². The first-order valence-electron chi connectivity index (χ1n) is 3.81. The van der Waals surface area contributed by atoms with E-state index >= 15 is 0 Å². The second kappa shape index (κ2) is 5.32. The topological polar surface area (TPSA) is 89.3 Å². The van der Waals surface area contributed by atoms with Crippen LogP contribution in [0.4, 0.5) is 5.69 Å². The molecule has 1 rings (SSSR count). The maximum Gasteiger partial charge on any atom is 0.264 e. The van der Waals surface area contributed by atoms with Crippen LogP contribution in [0, 0.1) is 0 Å². The van der Waals surface area contributed by atoms with E-state index in [1.165, 1.54) is 24.3 Å². The molecule has 87 valence electrons. The number of benzene rings is 1. The Labute approximate surface area is 104 Å². The van der Waals surface area contributed by atoms with E-state index in [1.54, 1.807) is 0 Å². The van der Waals surface area contributed by atoms with E-state index in [1.807, 2.05) is 4.72 Å². The zero-order valence-corrected chi connectivity index (χ0v) is 10.1. The van der Waals surface area contributed by atoms with E-state index in [2.05, 4.69) is 0 Å². The van der Waals surface area contributed by atoms with E-state index in [0.29, 0.717) is 5.69 Å². The van der Waals surface area contributed by atoms with E-state index in [0.717, 1.165) is 6.92 Å². The van der Waals surface area contributed by atoms with Gasteiger partial charge in [0.2, 0.25) is 5.91 Å². The number of nitrogen functional groups attached to an aromatic ring is 1. The molecular weight excluding hydrogens is 312 g/mol. The van der Waals surface area contributed by atoms with Crippen molar-refractivity contribution in [3.63, 3.8) is 0 Å². The number of nitrogens with two attached hydrogens (primary N) is 1. The third-order valence-corrected chi connectivity index (χ3v) is 2.92. The Morgan fingerprint density at radius 3 is 2.13 bits per heavy atom. The van der Waals surface area contributed by atoms with E-state index in [9.17, 15) is 13.2 Å². The Morgan fingerprint density at radius 2 is 1.73 bits per heavy atom. The van der Waals surface area contributed by atoms with Crippen LogP contribution in [-0.4, -0.2) is 14.3 Å². The monoisotopic (exact) mass is 321 g/mol. The Balaban J connectivity index is 0.00000196. The minimum absolute atomic E-state index is 0. The summed E-state index contributed by atoms with van der Waals surface area (Å²) in [6, 6.07) is 5.57. The number of rotatable bonds is 2. The normalized spacial score (nSPS) is 10.2. The van der Waals surface area contributed by atoms with E-state index < -0.39 is 15.9 Å². The molecule has 0 aliphatic heterocycles. The van der Waals surface area contributed by atoms with Crippen molar-refractivity contribution in [3.05, 3.63) is 24.3 Å². The van der Waals surface area contributed by atoms with Gasteiger partial charge in [-0.05, 0) is 24.3 Å². The molecule has 1 radical (unpaired) electrons. The van der Waals surface area contributed by atoms with Gasteiger partial charge in [0, 0.05) is 35.0 Å². The standard InChI is InChI=1S/C8H10N2O3S.Ag/c1-6(11)10-14(12,13)8-4-2-7(9)3-5-8;/h2-5H,9H2,1H3,(H,10,11);. The molecule has 0 unspecified atom stereocenters. The zero-order valence-electron chi connectivity index (χ0n) is 7.82. The SMILES string of the molecule is CC(=O)NS(=O)(=O)c1ccc(N)cc1.[Ag]. The molecule has 0 fully saturated rings. The first-order chi connectivity index (χ1) is 6.42. The van der Waals surface area contributed by atoms with Gasteiger partial charge in [-0.25, -0.2) is 13.1 Å². The van der Waals surface area contributed by atoms with Gasteiger partial charge in [0.15, 0.2) is 0 Å². The number of hydrogen-bond acceptors (Lipinski definition) is 4. The predicted octanol–water partition coefficient (Wildman–Crippen LogP) is 0.0911. The third-order valence-electron chi connectivity index (χ3n) is 1.47. The maximum absolute atomic E-state index is 11.4. The van der Waals surface area contributed by atoms with Crippen molar-refractivity contribution in [2.24, 2.45) is 0 Å². The first-order valence-corrected chi connectivity index (χ1v) is 5.29. The van der Waals surface area contributed by atoms with Crippen LogP contribution in [0.3, 0.4) is 0 Å². The van der Waals surface area contributed by atoms with Crippen LogP contribution >= 0.6 is 0 Å². The number of carbonyl (C=O) groups is 1. The molecule has 7 heteroatoms. The van der Waals surface area contributed by atoms with Gasteiger partial charge in [-0.3, -0.25) is 4.79 Å². The Morgan fingerprint density at radius 1 is 1.27 bits per heavy atom. The number of nitrogens with one attached hydrogen (secondary N) is 1. The number of anilines is 1. The second-order valence-corrected chi connectivity index (χ2v) is 4.41. The van der Waals surface area contributed by atoms with Crippen LogP contribution in [0.15, 0.2) is 29.2 Å². The summed E-state index contributed by atoms with van der Waals surface area (Å²) < 4.78 is 24.6. The first kappa shape index (κ1) is 14.2. The summed E-state index contributed by atoms with van der Waals surface area (Å²) in [5.41, 5.74) is 5.85. The molecule has 0 saturated carbocycles. The fourth-order valence-corrected chi connectivity index (χ4v) is 1.89. The van der Waals surface area contributed by atoms with Crippen molar-refractivity contribution < 1.29 is 35.6 Å². The number of hydrogen-bond donors (Lipinski definition) is 2. The Bertz CT molecular complexity index is 441. The van der Waals surface area contributed by atoms with Gasteiger partial charge in [-0.15, -0.1) is 0 Å². The minimum atomic E-state index is -3.73. The van der Waals surface area contributed by atoms with Crippen molar-refractivity contribution in [2.75, 3.05) is 5.73 Å². The summed E-state index contributed by atoms with van der Waals surface area (Å²) in [6.45, 7) is 1.13. The van der Waals surface area contributed by atoms with Crippen molar-refractivity contribution >= 4 is 21.6 Å². The van der Waals surface area contributed by atoms with Crippen LogP contribution in [0.25, 0.3) is 0 Å². The van der Waals surface area contributed by atoms with Crippen molar-refractivity contribution in [1.29, 1.82) is 0 Å². The van der Waals surface area contributed by atoms with E-state index in [-0.39, 0.29) is 27.3 Å². The van der Waals surface area contributed by atoms with Gasteiger partial charge >= 0.3 is 0 Å². The summed E-state index contributed by atoms with van der Waals surface area (Å²) >= 11 is 0. The predicted molar refractivity (Wildman–Crippen MR) is 51.9 cm³/mol. The van der Waals surface area contributed by atoms with Gasteiger partial charge in [0.05, 0.1) is 4.90 Å². The average molecular weight is 322 g/mol. The number of sulfonamides is 1. The quantitative estimate of drug-likeness (QED) is 0.597. The van der Waals surface area contributed by atoms with E-state index in [4.69, 9.17) is 5.73 Å². The molecule has 1 aromatic carbocycles. The van der Waals surface area contributed by atoms with Crippen molar-refractivity contribution in [3.8, 4) is 0 Å². The molecule has 0 bridgehead atoms. The Kier molecular flexibility index (Phi) is 5.02. The zero-order chi connectivity index (χ0) is 10.8. The molecule has 0 aliphatic rings. The summed E-state index contributed by atoms with van der Waals surface area (Å²) in [7, 11) is -3.73. The molecule has 0 saturated heterocycles. The molecule has 5 nitrogen and oxygen atoms in total. The van der Waals surface area contributed by atoms with Crippen molar-refractivity contribution in [2.45, 2.75) is 11.8 Å². The molecule has 15 heavy (non-hydrogen) atoms. The summed E-state index contributed by atoms with van der Waals surface area (Å²) in [4.78, 5) is 10.6. The molecule has 0 aliphatic carbocycles. The summed E-state index contributed by atoms with van der Waals surface area (Å²) in [5.74, 6) is -0.623. The second-order valence-electron chi connectivity index (χ2n) is 2.73. The smallest absolute Gasteiger partial charge is 0.264 e. The number of carbonyl (C=O) groups excluding carboxylic acids is 1. The molecule has 3 N–H and O–H groups in total. The average Bonchev–Trinajstić information content (AvgIpc) is 2.02. The van der Waals surface area contributed by atoms with Crippen LogP contribution in [0.5, 0.6) is 0 Å². The maximum atomic E-state index is 11.4. The minimum Gasteiger partial charge on any atom is -0.399 e. The van der Waals surface area contributed by atoms with Crippen molar-refractivity contribution in [1.82, 2.24) is 4.72 Å². The molecule has 1 aromatic rings. The molecule has 1 amide bonds. The van der Waals surface area contributed by atoms with Crippen LogP contribution in [-0.2, 0) is 37.2 Å². The van der Waals surface area contributed by atoms with Gasteiger partial charge in [-0.2, -0.15) is 0 Å². The molecule has 0 heterocycles. The summed E-state index contributed by atoms with van der Waals surface area (Å²) in [6.07, 6.45) is 0. The van der Waals surface area contributed by atoms with Crippen LogP contribution < -0.4 is 10.5 Å². The van der Waals surface area contributed by atoms with Gasteiger partial charge in [0.1, 0.15) is 0 Å². The third kappa shape index (κ3) is 4.05. The largest absolute Gasteiger partial charge is 0.399 e. The fourth-order valence-electron chi connectivity index (χ4n) is 0.895. The molecular formula is C8H10AgN2O3S. The molecule has 0 atom stereocenters. The van der Waals surface area contributed by atoms with Crippen LogP contribution in [0.2, 0.25) is 0 Å². The van der Waals surface area contributed by atoms with Gasteiger partial charge < -0.3 is 5.73 Å². The molecule has 0 spiro atoms. The number of amides is 1. The van der Waals surface area contributed by atoms with Crippen LogP contribution in [0.1, 0.15) is 6.92 Å². The molecule has 0 aromatic heterocycles. The fraction of sp³-hybridized carbons (Fsp3) is 0.125. The summed E-state index contributed by atoms with van der Waals surface area (Å²) in [5, 5.41) is 0.